The van der Waals surface area contributed by atoms with Gasteiger partial charge in [0.2, 0.25) is 0 Å². The molecular formula is C23H23Cl2N5O2. The van der Waals surface area contributed by atoms with Crippen LogP contribution < -0.4 is 10.6 Å². The number of nitrogens with one attached hydrogen (secondary N) is 2. The number of aromatic nitrogens is 3. The number of carbonyl (C=O) groups is 2. The molecule has 0 aliphatic carbocycles. The average Bonchev–Trinajstić information content (AvgIpc) is 3.22. The lowest BCUT2D eigenvalue weighted by Crippen LogP contribution is -2.31. The van der Waals surface area contributed by atoms with E-state index < -0.39 is 0 Å². The molecule has 0 aliphatic rings. The average molecular weight is 472 g/mol. The lowest BCUT2D eigenvalue weighted by Gasteiger charge is -2.10. The molecule has 7 nitrogen and oxygen atoms in total. The van der Waals surface area contributed by atoms with Gasteiger partial charge >= 0.3 is 0 Å². The summed E-state index contributed by atoms with van der Waals surface area (Å²) in [6, 6.07) is 8.29. The third-order valence-corrected chi connectivity index (χ3v) is 5.25. The molecule has 0 saturated heterocycles. The van der Waals surface area contributed by atoms with E-state index in [1.807, 2.05) is 44.3 Å². The molecule has 1 aromatic carbocycles. The maximum atomic E-state index is 12.5. The Bertz CT molecular complexity index is 1140. The van der Waals surface area contributed by atoms with Crippen LogP contribution in [0, 0.1) is 0 Å². The number of hydrogen-bond donors (Lipinski definition) is 2. The quantitative estimate of drug-likeness (QED) is 0.514. The van der Waals surface area contributed by atoms with Gasteiger partial charge in [0.15, 0.2) is 0 Å². The predicted octanol–water partition coefficient (Wildman–Crippen LogP) is 4.21. The highest BCUT2D eigenvalue weighted by Crippen LogP contribution is 2.23. The van der Waals surface area contributed by atoms with E-state index in [-0.39, 0.29) is 23.6 Å². The van der Waals surface area contributed by atoms with Crippen molar-refractivity contribution in [3.8, 4) is 0 Å². The van der Waals surface area contributed by atoms with Crippen LogP contribution in [0.3, 0.4) is 0 Å². The highest BCUT2D eigenvalue weighted by Gasteiger charge is 2.12. The fourth-order valence-corrected chi connectivity index (χ4v) is 3.24. The molecule has 2 amide bonds. The van der Waals surface area contributed by atoms with E-state index in [1.54, 1.807) is 23.0 Å². The summed E-state index contributed by atoms with van der Waals surface area (Å²) < 4.78 is 1.79. The summed E-state index contributed by atoms with van der Waals surface area (Å²) in [7, 11) is 0. The molecule has 2 N–H and O–H groups in total. The molecule has 2 heterocycles. The number of hydrogen-bond acceptors (Lipinski definition) is 4. The normalized spacial score (nSPS) is 12.0. The van der Waals surface area contributed by atoms with Gasteiger partial charge < -0.3 is 10.6 Å². The van der Waals surface area contributed by atoms with E-state index in [1.165, 1.54) is 12.3 Å². The van der Waals surface area contributed by atoms with Gasteiger partial charge in [-0.2, -0.15) is 5.10 Å². The second-order valence-electron chi connectivity index (χ2n) is 7.13. The molecule has 166 valence electrons. The second-order valence-corrected chi connectivity index (χ2v) is 7.94. The summed E-state index contributed by atoms with van der Waals surface area (Å²) in [6.45, 7) is 4.73. The Labute approximate surface area is 196 Å². The summed E-state index contributed by atoms with van der Waals surface area (Å²) in [4.78, 5) is 28.4. The van der Waals surface area contributed by atoms with Gasteiger partial charge in [-0.25, -0.2) is 0 Å². The molecule has 3 rings (SSSR count). The number of halogens is 2. The van der Waals surface area contributed by atoms with Crippen LogP contribution in [0.15, 0.2) is 55.0 Å². The van der Waals surface area contributed by atoms with Crippen LogP contribution in [-0.4, -0.2) is 39.2 Å². The zero-order valence-electron chi connectivity index (χ0n) is 17.7. The van der Waals surface area contributed by atoms with E-state index >= 15 is 0 Å². The first-order chi connectivity index (χ1) is 15.4. The molecule has 0 bridgehead atoms. The van der Waals surface area contributed by atoms with Crippen molar-refractivity contribution in [2.45, 2.75) is 26.4 Å². The highest BCUT2D eigenvalue weighted by atomic mass is 35.5. The van der Waals surface area contributed by atoms with Crippen molar-refractivity contribution in [1.29, 1.82) is 0 Å². The fraction of sp³-hybridized carbons (Fsp3) is 0.217. The first-order valence-corrected chi connectivity index (χ1v) is 10.8. The summed E-state index contributed by atoms with van der Waals surface area (Å²) in [5.74, 6) is -0.599. The standard InChI is InChI=1S/C23H23Cl2N5O2/c1-3-26-23(32)21-11-18(8-9-27-21)22(31)29-15(2)4-5-17-12-28-30(14-17)13-16-6-7-19(24)20(25)10-16/h4-12,14-15H,3,13H2,1-2H3,(H,26,32)(H,29,31)/t15-/m0/s1. The Morgan fingerprint density at radius 3 is 2.72 bits per heavy atom. The smallest absolute Gasteiger partial charge is 0.269 e. The van der Waals surface area contributed by atoms with Crippen molar-refractivity contribution < 1.29 is 9.59 Å². The highest BCUT2D eigenvalue weighted by molar-refractivity contribution is 6.42. The third-order valence-electron chi connectivity index (χ3n) is 4.51. The second kappa shape index (κ2) is 10.9. The van der Waals surface area contributed by atoms with Crippen LogP contribution in [0.2, 0.25) is 10.0 Å². The predicted molar refractivity (Wildman–Crippen MR) is 126 cm³/mol. The van der Waals surface area contributed by atoms with E-state index in [4.69, 9.17) is 23.2 Å². The van der Waals surface area contributed by atoms with Crippen LogP contribution in [0.25, 0.3) is 6.08 Å². The first-order valence-electron chi connectivity index (χ1n) is 10.1. The van der Waals surface area contributed by atoms with Crippen molar-refractivity contribution in [3.05, 3.63) is 87.4 Å². The molecule has 0 radical (unpaired) electrons. The molecule has 9 heteroatoms. The number of benzene rings is 1. The summed E-state index contributed by atoms with van der Waals surface area (Å²) >= 11 is 12.0. The minimum absolute atomic E-state index is 0.206. The van der Waals surface area contributed by atoms with Gasteiger partial charge in [-0.05, 0) is 43.7 Å². The molecular weight excluding hydrogens is 449 g/mol. The van der Waals surface area contributed by atoms with Gasteiger partial charge in [-0.3, -0.25) is 19.3 Å². The monoisotopic (exact) mass is 471 g/mol. The Morgan fingerprint density at radius 2 is 1.97 bits per heavy atom. The molecule has 0 aliphatic heterocycles. The van der Waals surface area contributed by atoms with Crippen LogP contribution >= 0.6 is 23.2 Å². The SMILES string of the molecule is CCNC(=O)c1cc(C(=O)N[C@@H](C)C=Cc2cnn(Cc3ccc(Cl)c(Cl)c3)c2)ccn1. The molecule has 3 aromatic rings. The lowest BCUT2D eigenvalue weighted by molar-refractivity contribution is 0.0947. The molecule has 2 aromatic heterocycles. The Balaban J connectivity index is 1.58. The Hall–Kier alpha value is -3.16. The molecule has 32 heavy (non-hydrogen) atoms. The van der Waals surface area contributed by atoms with Crippen molar-refractivity contribution in [2.75, 3.05) is 6.54 Å². The van der Waals surface area contributed by atoms with Crippen LogP contribution in [0.4, 0.5) is 0 Å². The number of amides is 2. The number of carbonyl (C=O) groups excluding carboxylic acids is 2. The number of nitrogens with zero attached hydrogens (tertiary/aromatic N) is 3. The van der Waals surface area contributed by atoms with Crippen LogP contribution in [-0.2, 0) is 6.54 Å². The minimum Gasteiger partial charge on any atom is -0.351 e. The molecule has 0 fully saturated rings. The van der Waals surface area contributed by atoms with Gasteiger partial charge in [0.05, 0.1) is 22.8 Å². The topological polar surface area (TPSA) is 88.9 Å². The number of rotatable bonds is 8. The van der Waals surface area contributed by atoms with Crippen LogP contribution in [0.5, 0.6) is 0 Å². The van der Waals surface area contributed by atoms with E-state index in [2.05, 4.69) is 20.7 Å². The zero-order chi connectivity index (χ0) is 23.1. The first kappa shape index (κ1) is 23.5. The van der Waals surface area contributed by atoms with E-state index in [9.17, 15) is 9.59 Å². The van der Waals surface area contributed by atoms with Gasteiger partial charge in [0.1, 0.15) is 5.69 Å². The summed E-state index contributed by atoms with van der Waals surface area (Å²) in [6.07, 6.45) is 8.83. The molecule has 0 saturated carbocycles. The van der Waals surface area contributed by atoms with E-state index in [0.29, 0.717) is 28.7 Å². The van der Waals surface area contributed by atoms with Gasteiger partial charge in [0, 0.05) is 36.1 Å². The van der Waals surface area contributed by atoms with Crippen molar-refractivity contribution in [3.63, 3.8) is 0 Å². The Morgan fingerprint density at radius 1 is 1.16 bits per heavy atom. The van der Waals surface area contributed by atoms with Crippen molar-refractivity contribution in [2.24, 2.45) is 0 Å². The summed E-state index contributed by atoms with van der Waals surface area (Å²) in [5.41, 5.74) is 2.46. The van der Waals surface area contributed by atoms with Crippen LogP contribution in [0.1, 0.15) is 45.8 Å². The van der Waals surface area contributed by atoms with Crippen molar-refractivity contribution in [1.82, 2.24) is 25.4 Å². The largest absolute Gasteiger partial charge is 0.351 e. The van der Waals surface area contributed by atoms with Gasteiger partial charge in [-0.15, -0.1) is 0 Å². The van der Waals surface area contributed by atoms with Gasteiger partial charge in [-0.1, -0.05) is 41.4 Å². The van der Waals surface area contributed by atoms with Gasteiger partial charge in [0.25, 0.3) is 11.8 Å². The third kappa shape index (κ3) is 6.42. The van der Waals surface area contributed by atoms with E-state index in [0.717, 1.165) is 11.1 Å². The number of pyridine rings is 1. The summed E-state index contributed by atoms with van der Waals surface area (Å²) in [5, 5.41) is 10.9. The lowest BCUT2D eigenvalue weighted by atomic mass is 10.2. The maximum absolute atomic E-state index is 12.5. The molecule has 0 spiro atoms. The Kier molecular flexibility index (Phi) is 8.03. The minimum atomic E-state index is -0.312. The maximum Gasteiger partial charge on any atom is 0.269 e. The molecule has 0 unspecified atom stereocenters. The fourth-order valence-electron chi connectivity index (χ4n) is 2.92. The van der Waals surface area contributed by atoms with Crippen molar-refractivity contribution >= 4 is 41.1 Å². The molecule has 1 atom stereocenters. The zero-order valence-corrected chi connectivity index (χ0v) is 19.2.